The van der Waals surface area contributed by atoms with Gasteiger partial charge in [0.25, 0.3) is 0 Å². The summed E-state index contributed by atoms with van der Waals surface area (Å²) in [7, 11) is 0. The van der Waals surface area contributed by atoms with E-state index in [1.54, 1.807) is 4.90 Å². The Kier molecular flexibility index (Phi) is 5.39. The minimum Gasteiger partial charge on any atom is -0.353 e. The highest BCUT2D eigenvalue weighted by atomic mass is 35.5. The number of hydrogen-bond donors (Lipinski definition) is 1. The van der Waals surface area contributed by atoms with Crippen LogP contribution in [0.25, 0.3) is 11.4 Å². The van der Waals surface area contributed by atoms with Crippen molar-refractivity contribution in [3.63, 3.8) is 0 Å². The molecule has 1 aromatic heterocycles. The van der Waals surface area contributed by atoms with Crippen LogP contribution >= 0.6 is 11.6 Å². The first-order chi connectivity index (χ1) is 13.7. The summed E-state index contributed by atoms with van der Waals surface area (Å²) < 4.78 is 0. The largest absolute Gasteiger partial charge is 0.353 e. The average Bonchev–Trinajstić information content (AvgIpc) is 2.74. The third-order valence-electron chi connectivity index (χ3n) is 4.63. The first-order valence-electron chi connectivity index (χ1n) is 9.13. The van der Waals surface area contributed by atoms with Crippen LogP contribution in [0.3, 0.4) is 0 Å². The maximum Gasteiger partial charge on any atom is 0.209 e. The molecule has 4 rings (SSSR count). The lowest BCUT2D eigenvalue weighted by Crippen LogP contribution is -2.46. The molecule has 3 aromatic rings. The van der Waals surface area contributed by atoms with Gasteiger partial charge in [0, 0.05) is 48.5 Å². The number of halogens is 1. The van der Waals surface area contributed by atoms with Gasteiger partial charge < -0.3 is 15.1 Å². The number of carbonyl (C=O) groups is 1. The van der Waals surface area contributed by atoms with E-state index < -0.39 is 0 Å². The van der Waals surface area contributed by atoms with E-state index in [1.165, 1.54) is 0 Å². The summed E-state index contributed by atoms with van der Waals surface area (Å²) in [6, 6.07) is 19.4. The van der Waals surface area contributed by atoms with E-state index in [9.17, 15) is 4.79 Å². The van der Waals surface area contributed by atoms with Crippen molar-refractivity contribution in [2.24, 2.45) is 0 Å². The fraction of sp³-hybridized carbons (Fsp3) is 0.190. The summed E-state index contributed by atoms with van der Waals surface area (Å²) in [6.07, 6.45) is 0.902. The second kappa shape index (κ2) is 8.27. The zero-order valence-corrected chi connectivity index (χ0v) is 16.0. The Hall–Kier alpha value is -3.12. The van der Waals surface area contributed by atoms with Crippen LogP contribution in [0.2, 0.25) is 5.02 Å². The standard InChI is InChI=1S/C21H20ClN5O/c22-17-7-4-8-18(13-17)23-19-14-20(27-11-9-26(15-28)10-12-27)25-21(24-19)16-5-2-1-3-6-16/h1-8,13-15H,9-12H2,(H,23,24,25). The van der Waals surface area contributed by atoms with Crippen molar-refractivity contribution in [2.75, 3.05) is 36.4 Å². The zero-order chi connectivity index (χ0) is 19.3. The normalized spacial score (nSPS) is 14.0. The smallest absolute Gasteiger partial charge is 0.209 e. The Bertz CT molecular complexity index is 958. The highest BCUT2D eigenvalue weighted by Crippen LogP contribution is 2.26. The third-order valence-corrected chi connectivity index (χ3v) is 4.86. The van der Waals surface area contributed by atoms with Crippen LogP contribution in [0.15, 0.2) is 60.7 Å². The van der Waals surface area contributed by atoms with Gasteiger partial charge in [-0.25, -0.2) is 9.97 Å². The van der Waals surface area contributed by atoms with Crippen molar-refractivity contribution in [3.05, 3.63) is 65.7 Å². The Morgan fingerprint density at radius 2 is 1.71 bits per heavy atom. The van der Waals surface area contributed by atoms with Crippen LogP contribution in [-0.2, 0) is 4.79 Å². The van der Waals surface area contributed by atoms with E-state index in [4.69, 9.17) is 21.6 Å². The Balaban J connectivity index is 1.68. The molecule has 1 amide bonds. The second-order valence-corrected chi connectivity index (χ2v) is 7.00. The molecule has 6 nitrogen and oxygen atoms in total. The molecule has 2 aromatic carbocycles. The van der Waals surface area contributed by atoms with Gasteiger partial charge >= 0.3 is 0 Å². The number of aromatic nitrogens is 2. The predicted molar refractivity (Wildman–Crippen MR) is 112 cm³/mol. The van der Waals surface area contributed by atoms with Crippen molar-refractivity contribution in [2.45, 2.75) is 0 Å². The molecule has 0 saturated carbocycles. The molecule has 0 atom stereocenters. The van der Waals surface area contributed by atoms with Gasteiger partial charge in [0.05, 0.1) is 0 Å². The van der Waals surface area contributed by atoms with Crippen molar-refractivity contribution in [3.8, 4) is 11.4 Å². The van der Waals surface area contributed by atoms with Crippen molar-refractivity contribution < 1.29 is 4.79 Å². The molecule has 1 fully saturated rings. The SMILES string of the molecule is O=CN1CCN(c2cc(Nc3cccc(Cl)c3)nc(-c3ccccc3)n2)CC1. The summed E-state index contributed by atoms with van der Waals surface area (Å²) in [6.45, 7) is 2.84. The van der Waals surface area contributed by atoms with E-state index in [0.717, 1.165) is 36.6 Å². The first-order valence-corrected chi connectivity index (χ1v) is 9.50. The molecular formula is C21H20ClN5O. The van der Waals surface area contributed by atoms with E-state index in [0.29, 0.717) is 29.8 Å². The van der Waals surface area contributed by atoms with Gasteiger partial charge in [-0.2, -0.15) is 0 Å². The van der Waals surface area contributed by atoms with Crippen LogP contribution in [0.1, 0.15) is 0 Å². The van der Waals surface area contributed by atoms with Crippen LogP contribution in [0, 0.1) is 0 Å². The third kappa shape index (κ3) is 4.23. The quantitative estimate of drug-likeness (QED) is 0.668. The summed E-state index contributed by atoms with van der Waals surface area (Å²) in [5, 5.41) is 3.99. The molecule has 1 aliphatic heterocycles. The number of piperazine rings is 1. The summed E-state index contributed by atoms with van der Waals surface area (Å²) in [4.78, 5) is 24.4. The van der Waals surface area contributed by atoms with Gasteiger partial charge in [0.1, 0.15) is 11.6 Å². The number of amides is 1. The summed E-state index contributed by atoms with van der Waals surface area (Å²) in [5.74, 6) is 2.19. The minimum absolute atomic E-state index is 0.653. The Labute approximate surface area is 168 Å². The zero-order valence-electron chi connectivity index (χ0n) is 15.3. The molecule has 1 N–H and O–H groups in total. The minimum atomic E-state index is 0.653. The molecule has 0 aliphatic carbocycles. The predicted octanol–water partition coefficient (Wildman–Crippen LogP) is 3.82. The van der Waals surface area contributed by atoms with Crippen molar-refractivity contribution >= 4 is 35.3 Å². The number of nitrogens with one attached hydrogen (secondary N) is 1. The molecule has 1 aliphatic rings. The maximum absolute atomic E-state index is 11.0. The van der Waals surface area contributed by atoms with Gasteiger partial charge in [0.15, 0.2) is 5.82 Å². The van der Waals surface area contributed by atoms with E-state index in [-0.39, 0.29) is 0 Å². The van der Waals surface area contributed by atoms with Crippen LogP contribution in [0.5, 0.6) is 0 Å². The highest BCUT2D eigenvalue weighted by molar-refractivity contribution is 6.30. The van der Waals surface area contributed by atoms with Crippen LogP contribution < -0.4 is 10.2 Å². The molecule has 28 heavy (non-hydrogen) atoms. The topological polar surface area (TPSA) is 61.4 Å². The lowest BCUT2D eigenvalue weighted by atomic mass is 10.2. The van der Waals surface area contributed by atoms with Crippen molar-refractivity contribution in [1.29, 1.82) is 0 Å². The molecule has 0 radical (unpaired) electrons. The van der Waals surface area contributed by atoms with Gasteiger partial charge in [-0.3, -0.25) is 4.79 Å². The molecule has 2 heterocycles. The molecule has 7 heteroatoms. The molecule has 1 saturated heterocycles. The van der Waals surface area contributed by atoms with Crippen molar-refractivity contribution in [1.82, 2.24) is 14.9 Å². The number of carbonyl (C=O) groups excluding carboxylic acids is 1. The number of hydrogen-bond acceptors (Lipinski definition) is 5. The molecule has 142 valence electrons. The van der Waals surface area contributed by atoms with Crippen LogP contribution in [0.4, 0.5) is 17.3 Å². The number of anilines is 3. The Morgan fingerprint density at radius 3 is 2.43 bits per heavy atom. The van der Waals surface area contributed by atoms with E-state index in [2.05, 4.69) is 10.2 Å². The van der Waals surface area contributed by atoms with Gasteiger partial charge in [-0.15, -0.1) is 0 Å². The van der Waals surface area contributed by atoms with Gasteiger partial charge in [-0.05, 0) is 18.2 Å². The number of benzene rings is 2. The monoisotopic (exact) mass is 393 g/mol. The fourth-order valence-electron chi connectivity index (χ4n) is 3.15. The maximum atomic E-state index is 11.0. The number of rotatable bonds is 5. The molecular weight excluding hydrogens is 374 g/mol. The van der Waals surface area contributed by atoms with Crippen LogP contribution in [-0.4, -0.2) is 47.5 Å². The fourth-order valence-corrected chi connectivity index (χ4v) is 3.34. The number of nitrogens with zero attached hydrogens (tertiary/aromatic N) is 4. The molecule has 0 spiro atoms. The van der Waals surface area contributed by atoms with Gasteiger partial charge in [0.2, 0.25) is 6.41 Å². The van der Waals surface area contributed by atoms with E-state index >= 15 is 0 Å². The Morgan fingerprint density at radius 1 is 0.929 bits per heavy atom. The lowest BCUT2D eigenvalue weighted by Gasteiger charge is -2.33. The molecule has 0 unspecified atom stereocenters. The lowest BCUT2D eigenvalue weighted by molar-refractivity contribution is -0.118. The summed E-state index contributed by atoms with van der Waals surface area (Å²) >= 11 is 6.10. The molecule has 0 bridgehead atoms. The summed E-state index contributed by atoms with van der Waals surface area (Å²) in [5.41, 5.74) is 1.81. The average molecular weight is 394 g/mol. The first kappa shape index (κ1) is 18.3. The van der Waals surface area contributed by atoms with Gasteiger partial charge in [-0.1, -0.05) is 48.0 Å². The van der Waals surface area contributed by atoms with E-state index in [1.807, 2.05) is 60.7 Å². The second-order valence-electron chi connectivity index (χ2n) is 6.56. The highest BCUT2D eigenvalue weighted by Gasteiger charge is 2.19.